The summed E-state index contributed by atoms with van der Waals surface area (Å²) < 4.78 is 0. The van der Waals surface area contributed by atoms with Crippen LogP contribution in [0.25, 0.3) is 6.08 Å². The van der Waals surface area contributed by atoms with E-state index in [0.29, 0.717) is 6.04 Å². The molecule has 1 fully saturated rings. The maximum atomic E-state index is 11.9. The van der Waals surface area contributed by atoms with E-state index in [4.69, 9.17) is 0 Å². The third kappa shape index (κ3) is 4.70. The van der Waals surface area contributed by atoms with Gasteiger partial charge in [-0.05, 0) is 30.5 Å². The molecule has 107 valence electrons. The molecule has 2 N–H and O–H groups in total. The summed E-state index contributed by atoms with van der Waals surface area (Å²) >= 11 is 0. The van der Waals surface area contributed by atoms with E-state index in [1.807, 2.05) is 24.3 Å². The molecule has 0 saturated heterocycles. The van der Waals surface area contributed by atoms with Gasteiger partial charge in [0.2, 0.25) is 0 Å². The number of rotatable bonds is 4. The topological polar surface area (TPSA) is 61.0 Å². The fourth-order valence-corrected chi connectivity index (χ4v) is 2.50. The highest BCUT2D eigenvalue weighted by atomic mass is 16.2. The molecule has 1 radical (unpaired) electrons. The average Bonchev–Trinajstić information content (AvgIpc) is 2.46. The summed E-state index contributed by atoms with van der Waals surface area (Å²) in [7, 11) is 0. The van der Waals surface area contributed by atoms with E-state index in [0.717, 1.165) is 24.1 Å². The second-order valence-corrected chi connectivity index (χ2v) is 5.13. The average molecular weight is 273 g/mol. The first-order valence-electron chi connectivity index (χ1n) is 7.20. The molecule has 1 aliphatic rings. The number of anilines is 1. The summed E-state index contributed by atoms with van der Waals surface area (Å²) in [5.41, 5.74) is 1.66. The Morgan fingerprint density at radius 1 is 1.25 bits per heavy atom. The van der Waals surface area contributed by atoms with Gasteiger partial charge in [-0.25, -0.2) is 9.90 Å². The molecule has 0 unspecified atom stereocenters. The molecule has 1 aromatic carbocycles. The van der Waals surface area contributed by atoms with Crippen LogP contribution >= 0.6 is 0 Å². The molecule has 1 aliphatic carbocycles. The van der Waals surface area contributed by atoms with Gasteiger partial charge in [0.1, 0.15) is 6.61 Å². The highest BCUT2D eigenvalue weighted by Gasteiger charge is 2.15. The van der Waals surface area contributed by atoms with Crippen LogP contribution in [0.1, 0.15) is 37.7 Å². The first kappa shape index (κ1) is 14.6. The van der Waals surface area contributed by atoms with E-state index in [1.165, 1.54) is 19.3 Å². The Kier molecular flexibility index (Phi) is 5.62. The van der Waals surface area contributed by atoms with Gasteiger partial charge in [0.25, 0.3) is 0 Å². The Morgan fingerprint density at radius 3 is 2.80 bits per heavy atom. The molecular formula is C16H21N2O2. The molecule has 4 nitrogen and oxygen atoms in total. The molecule has 0 heterocycles. The van der Waals surface area contributed by atoms with E-state index < -0.39 is 0 Å². The van der Waals surface area contributed by atoms with Crippen molar-refractivity contribution in [3.8, 4) is 0 Å². The van der Waals surface area contributed by atoms with Crippen LogP contribution in [0, 0.1) is 0 Å². The van der Waals surface area contributed by atoms with Crippen molar-refractivity contribution < 1.29 is 9.90 Å². The monoisotopic (exact) mass is 273 g/mol. The van der Waals surface area contributed by atoms with E-state index in [9.17, 15) is 9.90 Å². The van der Waals surface area contributed by atoms with Crippen LogP contribution in [0.5, 0.6) is 0 Å². The summed E-state index contributed by atoms with van der Waals surface area (Å²) in [6, 6.07) is 7.60. The molecule has 0 spiro atoms. The second kappa shape index (κ2) is 7.70. The summed E-state index contributed by atoms with van der Waals surface area (Å²) in [5, 5.41) is 16.3. The molecule has 2 rings (SSSR count). The normalized spacial score (nSPS) is 16.2. The predicted molar refractivity (Wildman–Crippen MR) is 80.1 cm³/mol. The summed E-state index contributed by atoms with van der Waals surface area (Å²) in [4.78, 5) is 11.9. The standard InChI is InChI=1S/C16H21N2O2/c19-11-5-7-13-6-4-10-15(12-13)18-16(20)17-14-8-2-1-3-9-14/h4-7,10,12,14H,1-3,8-9,11H2,(H2,17,18,20). The van der Waals surface area contributed by atoms with Gasteiger partial charge < -0.3 is 10.6 Å². The van der Waals surface area contributed by atoms with Gasteiger partial charge in [0.05, 0.1) is 0 Å². The van der Waals surface area contributed by atoms with Crippen molar-refractivity contribution in [3.05, 3.63) is 35.9 Å². The van der Waals surface area contributed by atoms with Crippen LogP contribution in [0.4, 0.5) is 10.5 Å². The highest BCUT2D eigenvalue weighted by molar-refractivity contribution is 5.89. The zero-order valence-electron chi connectivity index (χ0n) is 11.6. The lowest BCUT2D eigenvalue weighted by Crippen LogP contribution is -2.39. The van der Waals surface area contributed by atoms with E-state index in [1.54, 1.807) is 12.2 Å². The van der Waals surface area contributed by atoms with Crippen LogP contribution in [0.2, 0.25) is 0 Å². The molecule has 4 heteroatoms. The molecule has 0 aromatic heterocycles. The molecule has 1 aromatic rings. The maximum absolute atomic E-state index is 11.9. The Morgan fingerprint density at radius 2 is 2.05 bits per heavy atom. The SMILES string of the molecule is [O]CC=Cc1cccc(NC(=O)NC2CCCCC2)c1. The predicted octanol–water partition coefficient (Wildman–Crippen LogP) is 3.58. The number of benzene rings is 1. The number of amides is 2. The first-order chi connectivity index (χ1) is 9.78. The van der Waals surface area contributed by atoms with E-state index in [2.05, 4.69) is 10.6 Å². The van der Waals surface area contributed by atoms with Gasteiger partial charge in [-0.2, -0.15) is 0 Å². The van der Waals surface area contributed by atoms with Crippen LogP contribution in [0.3, 0.4) is 0 Å². The largest absolute Gasteiger partial charge is 0.335 e. The maximum Gasteiger partial charge on any atom is 0.319 e. The van der Waals surface area contributed by atoms with E-state index in [-0.39, 0.29) is 12.6 Å². The molecule has 0 bridgehead atoms. The smallest absolute Gasteiger partial charge is 0.319 e. The van der Waals surface area contributed by atoms with Gasteiger partial charge >= 0.3 is 6.03 Å². The molecule has 0 atom stereocenters. The van der Waals surface area contributed by atoms with Crippen molar-refractivity contribution in [1.29, 1.82) is 0 Å². The van der Waals surface area contributed by atoms with Gasteiger partial charge in [-0.15, -0.1) is 0 Å². The van der Waals surface area contributed by atoms with Crippen LogP contribution in [0.15, 0.2) is 30.3 Å². The zero-order chi connectivity index (χ0) is 14.2. The van der Waals surface area contributed by atoms with Crippen LogP contribution in [-0.2, 0) is 5.11 Å². The Labute approximate surface area is 119 Å². The van der Waals surface area contributed by atoms with Crippen LogP contribution < -0.4 is 10.6 Å². The number of nitrogens with one attached hydrogen (secondary N) is 2. The summed E-state index contributed by atoms with van der Waals surface area (Å²) in [6.07, 6.45) is 9.12. The van der Waals surface area contributed by atoms with E-state index >= 15 is 0 Å². The highest BCUT2D eigenvalue weighted by Crippen LogP contribution is 2.18. The number of carbonyl (C=O) groups excluding carboxylic acids is 1. The Hall–Kier alpha value is -1.81. The fraction of sp³-hybridized carbons (Fsp3) is 0.438. The van der Waals surface area contributed by atoms with Gasteiger partial charge in [0, 0.05) is 11.7 Å². The van der Waals surface area contributed by atoms with Crippen molar-refractivity contribution in [2.24, 2.45) is 0 Å². The quantitative estimate of drug-likeness (QED) is 0.865. The first-order valence-corrected chi connectivity index (χ1v) is 7.20. The minimum atomic E-state index is -0.236. The van der Waals surface area contributed by atoms with Gasteiger partial charge in [-0.1, -0.05) is 43.5 Å². The van der Waals surface area contributed by atoms with Crippen molar-refractivity contribution in [1.82, 2.24) is 5.32 Å². The fourth-order valence-electron chi connectivity index (χ4n) is 2.50. The number of hydrogen-bond donors (Lipinski definition) is 2. The second-order valence-electron chi connectivity index (χ2n) is 5.13. The molecule has 20 heavy (non-hydrogen) atoms. The van der Waals surface area contributed by atoms with Crippen LogP contribution in [-0.4, -0.2) is 18.7 Å². The van der Waals surface area contributed by atoms with Crippen molar-refractivity contribution in [2.45, 2.75) is 38.1 Å². The zero-order valence-corrected chi connectivity index (χ0v) is 11.6. The molecular weight excluding hydrogens is 252 g/mol. The lowest BCUT2D eigenvalue weighted by molar-refractivity contribution is 0.233. The Bertz CT molecular complexity index is 465. The van der Waals surface area contributed by atoms with Gasteiger partial charge in [0.15, 0.2) is 0 Å². The molecule has 2 amide bonds. The van der Waals surface area contributed by atoms with Crippen molar-refractivity contribution in [3.63, 3.8) is 0 Å². The third-order valence-corrected chi connectivity index (χ3v) is 3.49. The minimum absolute atomic E-state index is 0.151. The van der Waals surface area contributed by atoms with Crippen molar-refractivity contribution in [2.75, 3.05) is 11.9 Å². The molecule has 1 saturated carbocycles. The lowest BCUT2D eigenvalue weighted by atomic mass is 9.96. The third-order valence-electron chi connectivity index (χ3n) is 3.49. The minimum Gasteiger partial charge on any atom is -0.335 e. The summed E-state index contributed by atoms with van der Waals surface area (Å²) in [6.45, 7) is -0.236. The lowest BCUT2D eigenvalue weighted by Gasteiger charge is -2.22. The van der Waals surface area contributed by atoms with Crippen molar-refractivity contribution >= 4 is 17.8 Å². The number of carbonyl (C=O) groups is 1. The number of hydrogen-bond acceptors (Lipinski definition) is 1. The van der Waals surface area contributed by atoms with Gasteiger partial charge in [-0.3, -0.25) is 0 Å². The molecule has 0 aliphatic heterocycles. The Balaban J connectivity index is 1.88. The summed E-state index contributed by atoms with van der Waals surface area (Å²) in [5.74, 6) is 0. The number of urea groups is 1.